The summed E-state index contributed by atoms with van der Waals surface area (Å²) in [4.78, 5) is 11.3. The summed E-state index contributed by atoms with van der Waals surface area (Å²) in [7, 11) is 0. The van der Waals surface area contributed by atoms with Gasteiger partial charge in [-0.05, 0) is 43.6 Å². The summed E-state index contributed by atoms with van der Waals surface area (Å²) in [5.41, 5.74) is 0.927. The van der Waals surface area contributed by atoms with Gasteiger partial charge in [0, 0.05) is 0 Å². The second kappa shape index (κ2) is 4.26. The standard InChI is InChI=1S/C15H18O2/c16-11-15-9-8-14(17-15)10-13(15)7-6-12-4-2-1-3-5-12/h1-5,11,13-14H,6-10H2/t13-,14-,15-/m0/s1. The van der Waals surface area contributed by atoms with Crippen LogP contribution in [0.5, 0.6) is 0 Å². The predicted molar refractivity (Wildman–Crippen MR) is 65.8 cm³/mol. The van der Waals surface area contributed by atoms with Gasteiger partial charge in [-0.15, -0.1) is 0 Å². The van der Waals surface area contributed by atoms with E-state index < -0.39 is 5.60 Å². The molecule has 0 unspecified atom stereocenters. The summed E-state index contributed by atoms with van der Waals surface area (Å²) in [6, 6.07) is 10.5. The van der Waals surface area contributed by atoms with Gasteiger partial charge in [-0.25, -0.2) is 0 Å². The lowest BCUT2D eigenvalue weighted by atomic mass is 9.76. The molecule has 0 amide bonds. The fraction of sp³-hybridized carbons (Fsp3) is 0.533. The van der Waals surface area contributed by atoms with E-state index in [0.717, 1.165) is 38.4 Å². The van der Waals surface area contributed by atoms with Gasteiger partial charge in [-0.3, -0.25) is 0 Å². The van der Waals surface area contributed by atoms with Crippen LogP contribution in [0.4, 0.5) is 0 Å². The molecule has 0 N–H and O–H groups in total. The summed E-state index contributed by atoms with van der Waals surface area (Å²) < 4.78 is 5.84. The van der Waals surface area contributed by atoms with Crippen molar-refractivity contribution in [2.24, 2.45) is 5.92 Å². The van der Waals surface area contributed by atoms with Gasteiger partial charge in [-0.1, -0.05) is 30.3 Å². The van der Waals surface area contributed by atoms with Crippen LogP contribution in [-0.4, -0.2) is 18.0 Å². The van der Waals surface area contributed by atoms with E-state index in [2.05, 4.69) is 24.3 Å². The van der Waals surface area contributed by atoms with Crippen molar-refractivity contribution >= 4 is 6.29 Å². The lowest BCUT2D eigenvalue weighted by molar-refractivity contribution is -0.127. The van der Waals surface area contributed by atoms with Crippen LogP contribution in [0.15, 0.2) is 30.3 Å². The lowest BCUT2D eigenvalue weighted by Gasteiger charge is -2.27. The molecule has 0 aromatic heterocycles. The number of fused-ring (bicyclic) bond motifs is 2. The van der Waals surface area contributed by atoms with Crippen LogP contribution < -0.4 is 0 Å². The molecule has 0 radical (unpaired) electrons. The molecule has 2 heteroatoms. The van der Waals surface area contributed by atoms with Gasteiger partial charge in [0.1, 0.15) is 5.60 Å². The highest BCUT2D eigenvalue weighted by Gasteiger charge is 2.52. The van der Waals surface area contributed by atoms with Gasteiger partial charge in [0.15, 0.2) is 6.29 Å². The first-order valence-corrected chi connectivity index (χ1v) is 6.50. The quantitative estimate of drug-likeness (QED) is 0.743. The molecule has 90 valence electrons. The summed E-state index contributed by atoms with van der Waals surface area (Å²) in [6.45, 7) is 0. The minimum absolute atomic E-state index is 0.348. The van der Waals surface area contributed by atoms with E-state index in [0.29, 0.717) is 12.0 Å². The molecule has 2 aliphatic heterocycles. The number of benzene rings is 1. The highest BCUT2D eigenvalue weighted by Crippen LogP contribution is 2.48. The van der Waals surface area contributed by atoms with Crippen molar-refractivity contribution < 1.29 is 9.53 Å². The highest BCUT2D eigenvalue weighted by molar-refractivity contribution is 5.64. The molecule has 3 rings (SSSR count). The van der Waals surface area contributed by atoms with Crippen molar-refractivity contribution in [2.75, 3.05) is 0 Å². The molecule has 2 fully saturated rings. The van der Waals surface area contributed by atoms with Crippen LogP contribution in [0.3, 0.4) is 0 Å². The Hall–Kier alpha value is -1.15. The van der Waals surface area contributed by atoms with E-state index in [-0.39, 0.29) is 0 Å². The number of aryl methyl sites for hydroxylation is 1. The molecule has 2 aliphatic rings. The molecular weight excluding hydrogens is 212 g/mol. The molecular formula is C15H18O2. The summed E-state index contributed by atoms with van der Waals surface area (Å²) >= 11 is 0. The van der Waals surface area contributed by atoms with Crippen LogP contribution in [0, 0.1) is 5.92 Å². The van der Waals surface area contributed by atoms with Crippen LogP contribution in [0.2, 0.25) is 0 Å². The summed E-state index contributed by atoms with van der Waals surface area (Å²) in [5.74, 6) is 0.430. The maximum absolute atomic E-state index is 11.3. The molecule has 0 aliphatic carbocycles. The third kappa shape index (κ3) is 1.91. The second-order valence-corrected chi connectivity index (χ2v) is 5.31. The molecule has 2 bridgehead atoms. The third-order valence-corrected chi connectivity index (χ3v) is 4.31. The zero-order chi connectivity index (χ0) is 11.7. The number of carbonyl (C=O) groups excluding carboxylic acids is 1. The van der Waals surface area contributed by atoms with Gasteiger partial charge in [-0.2, -0.15) is 0 Å². The van der Waals surface area contributed by atoms with Gasteiger partial charge < -0.3 is 9.53 Å². The van der Waals surface area contributed by atoms with E-state index in [1.807, 2.05) is 6.07 Å². The van der Waals surface area contributed by atoms with Crippen molar-refractivity contribution in [2.45, 2.75) is 43.8 Å². The fourth-order valence-electron chi connectivity index (χ4n) is 3.33. The molecule has 0 spiro atoms. The Kier molecular flexibility index (Phi) is 2.75. The molecule has 17 heavy (non-hydrogen) atoms. The van der Waals surface area contributed by atoms with Gasteiger partial charge in [0.05, 0.1) is 6.10 Å². The van der Waals surface area contributed by atoms with Gasteiger partial charge in [0.2, 0.25) is 0 Å². The Morgan fingerprint density at radius 1 is 1.35 bits per heavy atom. The number of carbonyl (C=O) groups is 1. The molecule has 3 atom stereocenters. The van der Waals surface area contributed by atoms with Crippen LogP contribution >= 0.6 is 0 Å². The maximum Gasteiger partial charge on any atom is 0.152 e. The van der Waals surface area contributed by atoms with E-state index in [9.17, 15) is 4.79 Å². The Morgan fingerprint density at radius 3 is 2.88 bits per heavy atom. The third-order valence-electron chi connectivity index (χ3n) is 4.31. The normalized spacial score (nSPS) is 35.1. The maximum atomic E-state index is 11.3. The minimum Gasteiger partial charge on any atom is -0.364 e. The minimum atomic E-state index is -0.431. The molecule has 1 aromatic carbocycles. The number of hydrogen-bond donors (Lipinski definition) is 0. The Morgan fingerprint density at radius 2 is 2.18 bits per heavy atom. The van der Waals surface area contributed by atoms with Crippen LogP contribution in [-0.2, 0) is 16.0 Å². The lowest BCUT2D eigenvalue weighted by Crippen LogP contribution is -2.35. The molecule has 1 aromatic rings. The van der Waals surface area contributed by atoms with Crippen molar-refractivity contribution in [3.8, 4) is 0 Å². The van der Waals surface area contributed by atoms with E-state index in [4.69, 9.17) is 4.74 Å². The van der Waals surface area contributed by atoms with Crippen LogP contribution in [0.1, 0.15) is 31.2 Å². The van der Waals surface area contributed by atoms with Crippen molar-refractivity contribution in [1.29, 1.82) is 0 Å². The van der Waals surface area contributed by atoms with E-state index in [1.54, 1.807) is 0 Å². The second-order valence-electron chi connectivity index (χ2n) is 5.31. The van der Waals surface area contributed by atoms with Crippen molar-refractivity contribution in [3.63, 3.8) is 0 Å². The highest BCUT2D eigenvalue weighted by atomic mass is 16.5. The number of hydrogen-bond acceptors (Lipinski definition) is 2. The van der Waals surface area contributed by atoms with Crippen LogP contribution in [0.25, 0.3) is 0 Å². The average Bonchev–Trinajstić information content (AvgIpc) is 2.96. The zero-order valence-corrected chi connectivity index (χ0v) is 9.97. The Balaban J connectivity index is 1.65. The van der Waals surface area contributed by atoms with Crippen molar-refractivity contribution in [3.05, 3.63) is 35.9 Å². The zero-order valence-electron chi connectivity index (χ0n) is 9.97. The number of ether oxygens (including phenoxy) is 1. The summed E-state index contributed by atoms with van der Waals surface area (Å²) in [6.07, 6.45) is 6.61. The van der Waals surface area contributed by atoms with Gasteiger partial charge >= 0.3 is 0 Å². The topological polar surface area (TPSA) is 26.3 Å². The van der Waals surface area contributed by atoms with Crippen molar-refractivity contribution in [1.82, 2.24) is 0 Å². The average molecular weight is 230 g/mol. The molecule has 0 saturated carbocycles. The Bertz CT molecular complexity index is 401. The predicted octanol–water partition coefficient (Wildman–Crippen LogP) is 2.76. The number of aldehydes is 1. The first-order valence-electron chi connectivity index (χ1n) is 6.50. The van der Waals surface area contributed by atoms with E-state index in [1.165, 1.54) is 5.56 Å². The molecule has 2 heterocycles. The first-order chi connectivity index (χ1) is 8.32. The molecule has 2 nitrogen and oxygen atoms in total. The first kappa shape index (κ1) is 11.0. The van der Waals surface area contributed by atoms with Gasteiger partial charge in [0.25, 0.3) is 0 Å². The molecule has 2 saturated heterocycles. The fourth-order valence-corrected chi connectivity index (χ4v) is 3.33. The monoisotopic (exact) mass is 230 g/mol. The SMILES string of the molecule is O=C[C@@]12CC[C@@H](C[C@@H]1CCc1ccccc1)O2. The number of rotatable bonds is 4. The largest absolute Gasteiger partial charge is 0.364 e. The van der Waals surface area contributed by atoms with E-state index >= 15 is 0 Å². The summed E-state index contributed by atoms with van der Waals surface area (Å²) in [5, 5.41) is 0. The smallest absolute Gasteiger partial charge is 0.152 e. The Labute approximate surface area is 102 Å².